The fourth-order valence-electron chi connectivity index (χ4n) is 4.79. The Morgan fingerprint density at radius 1 is 0.975 bits per heavy atom. The molecule has 1 N–H and O–H groups in total. The summed E-state index contributed by atoms with van der Waals surface area (Å²) in [6.07, 6.45) is 1.03. The largest absolute Gasteiger partial charge is 0.351 e. The maximum atomic E-state index is 13.0. The molecule has 5 rings (SSSR count). The predicted molar refractivity (Wildman–Crippen MR) is 162 cm³/mol. The number of amides is 1. The van der Waals surface area contributed by atoms with Crippen molar-refractivity contribution in [3.8, 4) is 0 Å². The number of benzene rings is 3. The first kappa shape index (κ1) is 28.2. The second kappa shape index (κ2) is 12.5. The molecule has 8 nitrogen and oxygen atoms in total. The zero-order valence-electron chi connectivity index (χ0n) is 22.9. The standard InChI is InChI=1S/C30H35N5O3S2/c1-3-23-9-14-27-28(21-23)39-30(32-27)35-19-17-34(18-20-35)16-15-31-29(36)25-10-12-26(13-11-25)40(37,38)33(2)22-24-7-5-4-6-8-24/h4-14,21H,3,15-20,22H2,1-2H3,(H,31,36). The predicted octanol–water partition coefficient (Wildman–Crippen LogP) is 4.23. The number of nitrogens with zero attached hydrogens (tertiary/aromatic N) is 4. The maximum absolute atomic E-state index is 13.0. The molecule has 1 aliphatic rings. The monoisotopic (exact) mass is 577 g/mol. The molecule has 0 unspecified atom stereocenters. The highest BCUT2D eigenvalue weighted by atomic mass is 32.2. The van der Waals surface area contributed by atoms with Crippen LogP contribution in [0.25, 0.3) is 10.2 Å². The second-order valence-corrected chi connectivity index (χ2v) is 13.1. The molecular weight excluding hydrogens is 542 g/mol. The number of carbonyl (C=O) groups is 1. The van der Waals surface area contributed by atoms with E-state index in [1.165, 1.54) is 26.7 Å². The highest BCUT2D eigenvalue weighted by molar-refractivity contribution is 7.89. The highest BCUT2D eigenvalue weighted by Gasteiger charge is 2.22. The molecule has 1 saturated heterocycles. The topological polar surface area (TPSA) is 85.9 Å². The fourth-order valence-corrected chi connectivity index (χ4v) is 7.03. The minimum atomic E-state index is -3.66. The van der Waals surface area contributed by atoms with E-state index in [1.54, 1.807) is 30.5 Å². The first-order chi connectivity index (χ1) is 19.3. The SMILES string of the molecule is CCc1ccc2nc(N3CCN(CCNC(=O)c4ccc(S(=O)(=O)N(C)Cc5ccccc5)cc4)CC3)sc2c1. The van der Waals surface area contributed by atoms with E-state index >= 15 is 0 Å². The Hall–Kier alpha value is -3.31. The van der Waals surface area contributed by atoms with Crippen LogP contribution in [0.15, 0.2) is 77.7 Å². The van der Waals surface area contributed by atoms with Crippen LogP contribution in [-0.4, -0.2) is 74.8 Å². The summed E-state index contributed by atoms with van der Waals surface area (Å²) < 4.78 is 28.5. The van der Waals surface area contributed by atoms with Gasteiger partial charge >= 0.3 is 0 Å². The summed E-state index contributed by atoms with van der Waals surface area (Å²) in [6.45, 7) is 7.37. The Morgan fingerprint density at radius 2 is 1.70 bits per heavy atom. The summed E-state index contributed by atoms with van der Waals surface area (Å²) in [5.74, 6) is -0.207. The normalized spacial score (nSPS) is 14.6. The van der Waals surface area contributed by atoms with Crippen molar-refractivity contribution >= 4 is 42.6 Å². The number of aryl methyl sites for hydroxylation is 1. The minimum Gasteiger partial charge on any atom is -0.351 e. The third kappa shape index (κ3) is 6.52. The van der Waals surface area contributed by atoms with Gasteiger partial charge in [0.25, 0.3) is 5.91 Å². The van der Waals surface area contributed by atoms with E-state index < -0.39 is 10.0 Å². The van der Waals surface area contributed by atoms with E-state index in [4.69, 9.17) is 4.98 Å². The number of fused-ring (bicyclic) bond motifs is 1. The molecule has 210 valence electrons. The van der Waals surface area contributed by atoms with Crippen molar-refractivity contribution in [1.29, 1.82) is 0 Å². The molecule has 0 aliphatic carbocycles. The van der Waals surface area contributed by atoms with E-state index in [1.807, 2.05) is 30.3 Å². The van der Waals surface area contributed by atoms with E-state index in [0.29, 0.717) is 12.1 Å². The van der Waals surface area contributed by atoms with Crippen LogP contribution in [0, 0.1) is 0 Å². The number of carbonyl (C=O) groups excluding carboxylic acids is 1. The van der Waals surface area contributed by atoms with Crippen molar-refractivity contribution in [1.82, 2.24) is 19.5 Å². The molecule has 0 saturated carbocycles. The van der Waals surface area contributed by atoms with Crippen molar-refractivity contribution in [2.75, 3.05) is 51.2 Å². The number of hydrogen-bond donors (Lipinski definition) is 1. The van der Waals surface area contributed by atoms with Crippen molar-refractivity contribution in [3.63, 3.8) is 0 Å². The number of hydrogen-bond acceptors (Lipinski definition) is 7. The summed E-state index contributed by atoms with van der Waals surface area (Å²) in [5, 5.41) is 4.04. The van der Waals surface area contributed by atoms with E-state index in [9.17, 15) is 13.2 Å². The van der Waals surface area contributed by atoms with Gasteiger partial charge in [0.1, 0.15) is 0 Å². The lowest BCUT2D eigenvalue weighted by atomic mass is 10.2. The van der Waals surface area contributed by atoms with Gasteiger partial charge in [-0.25, -0.2) is 13.4 Å². The van der Waals surface area contributed by atoms with Crippen LogP contribution < -0.4 is 10.2 Å². The van der Waals surface area contributed by atoms with Crippen LogP contribution in [0.1, 0.15) is 28.4 Å². The van der Waals surface area contributed by atoms with Crippen molar-refractivity contribution in [3.05, 3.63) is 89.5 Å². The Labute approximate surface area is 240 Å². The quantitative estimate of drug-likeness (QED) is 0.304. The summed E-state index contributed by atoms with van der Waals surface area (Å²) in [4.78, 5) is 22.4. The third-order valence-corrected chi connectivity index (χ3v) is 10.2. The molecule has 3 aromatic carbocycles. The minimum absolute atomic E-state index is 0.166. The number of rotatable bonds is 10. The van der Waals surface area contributed by atoms with Gasteiger partial charge in [0.15, 0.2) is 5.13 Å². The molecule has 0 radical (unpaired) electrons. The fraction of sp³-hybridized carbons (Fsp3) is 0.333. The van der Waals surface area contributed by atoms with Crippen LogP contribution in [0.2, 0.25) is 0 Å². The van der Waals surface area contributed by atoms with Crippen molar-refractivity contribution < 1.29 is 13.2 Å². The molecule has 1 aliphatic heterocycles. The average molecular weight is 578 g/mol. The number of nitrogens with one attached hydrogen (secondary N) is 1. The second-order valence-electron chi connectivity index (χ2n) is 10.0. The van der Waals surface area contributed by atoms with Gasteiger partial charge in [-0.2, -0.15) is 4.31 Å². The zero-order chi connectivity index (χ0) is 28.1. The Kier molecular flexibility index (Phi) is 8.80. The van der Waals surface area contributed by atoms with Crippen LogP contribution in [0.4, 0.5) is 5.13 Å². The average Bonchev–Trinajstić information content (AvgIpc) is 3.41. The lowest BCUT2D eigenvalue weighted by Gasteiger charge is -2.34. The van der Waals surface area contributed by atoms with Crippen LogP contribution in [0.3, 0.4) is 0 Å². The van der Waals surface area contributed by atoms with Crippen LogP contribution >= 0.6 is 11.3 Å². The van der Waals surface area contributed by atoms with Gasteiger partial charge in [0, 0.05) is 58.4 Å². The van der Waals surface area contributed by atoms with Gasteiger partial charge in [-0.05, 0) is 53.9 Å². The van der Waals surface area contributed by atoms with E-state index in [0.717, 1.165) is 55.4 Å². The molecular formula is C30H35N5O3S2. The molecule has 0 spiro atoms. The molecule has 0 atom stereocenters. The van der Waals surface area contributed by atoms with Gasteiger partial charge < -0.3 is 10.2 Å². The lowest BCUT2D eigenvalue weighted by Crippen LogP contribution is -2.48. The summed E-state index contributed by atoms with van der Waals surface area (Å²) >= 11 is 1.76. The molecule has 0 bridgehead atoms. The Morgan fingerprint density at radius 3 is 2.40 bits per heavy atom. The summed E-state index contributed by atoms with van der Waals surface area (Å²) in [5.41, 5.74) is 3.75. The number of anilines is 1. The van der Waals surface area contributed by atoms with Gasteiger partial charge in [-0.15, -0.1) is 0 Å². The van der Waals surface area contributed by atoms with Crippen LogP contribution in [0.5, 0.6) is 0 Å². The lowest BCUT2D eigenvalue weighted by molar-refractivity contribution is 0.0947. The van der Waals surface area contributed by atoms with Gasteiger partial charge in [-0.1, -0.05) is 54.7 Å². The molecule has 4 aromatic rings. The Balaban J connectivity index is 1.08. The first-order valence-electron chi connectivity index (χ1n) is 13.6. The van der Waals surface area contributed by atoms with E-state index in [-0.39, 0.29) is 17.3 Å². The molecule has 1 amide bonds. The summed E-state index contributed by atoms with van der Waals surface area (Å²) in [6, 6.07) is 22.1. The number of aromatic nitrogens is 1. The van der Waals surface area contributed by atoms with Crippen molar-refractivity contribution in [2.45, 2.75) is 24.8 Å². The van der Waals surface area contributed by atoms with Crippen molar-refractivity contribution in [2.24, 2.45) is 0 Å². The molecule has 2 heterocycles. The molecule has 1 fully saturated rings. The molecule has 40 heavy (non-hydrogen) atoms. The maximum Gasteiger partial charge on any atom is 0.251 e. The number of sulfonamides is 1. The summed E-state index contributed by atoms with van der Waals surface area (Å²) in [7, 11) is -2.10. The van der Waals surface area contributed by atoms with Gasteiger partial charge in [-0.3, -0.25) is 9.69 Å². The molecule has 10 heteroatoms. The number of piperazine rings is 1. The first-order valence-corrected chi connectivity index (χ1v) is 15.8. The van der Waals surface area contributed by atoms with Gasteiger partial charge in [0.2, 0.25) is 10.0 Å². The smallest absolute Gasteiger partial charge is 0.251 e. The van der Waals surface area contributed by atoms with E-state index in [2.05, 4.69) is 40.2 Å². The van der Waals surface area contributed by atoms with Crippen LogP contribution in [-0.2, 0) is 23.0 Å². The zero-order valence-corrected chi connectivity index (χ0v) is 24.5. The van der Waals surface area contributed by atoms with Gasteiger partial charge in [0.05, 0.1) is 15.1 Å². The number of thiazole rings is 1. The highest BCUT2D eigenvalue weighted by Crippen LogP contribution is 2.30. The Bertz CT molecular complexity index is 1550. The molecule has 1 aromatic heterocycles. The third-order valence-electron chi connectivity index (χ3n) is 7.28.